The molecule has 4 nitrogen and oxygen atoms in total. The number of nitrogens with two attached hydrogens (primary N) is 1. The van der Waals surface area contributed by atoms with E-state index < -0.39 is 0 Å². The van der Waals surface area contributed by atoms with E-state index in [1.54, 1.807) is 0 Å². The van der Waals surface area contributed by atoms with Crippen molar-refractivity contribution in [3.63, 3.8) is 0 Å². The summed E-state index contributed by atoms with van der Waals surface area (Å²) >= 11 is 0. The Balaban J connectivity index is 1.72. The summed E-state index contributed by atoms with van der Waals surface area (Å²) in [5.74, 6) is 0.0846. The van der Waals surface area contributed by atoms with Crippen LogP contribution in [0.2, 0.25) is 0 Å². The average molecular weight is 337 g/mol. The Morgan fingerprint density at radius 2 is 1.76 bits per heavy atom. The van der Waals surface area contributed by atoms with Gasteiger partial charge in [0.2, 0.25) is 0 Å². The van der Waals surface area contributed by atoms with Gasteiger partial charge in [0.25, 0.3) is 5.91 Å². The van der Waals surface area contributed by atoms with Gasteiger partial charge < -0.3 is 16.0 Å². The topological polar surface area (TPSA) is 58.4 Å². The molecule has 1 amide bonds. The monoisotopic (exact) mass is 337 g/mol. The van der Waals surface area contributed by atoms with Crippen LogP contribution < -0.4 is 11.1 Å². The molecule has 132 valence electrons. The van der Waals surface area contributed by atoms with Gasteiger partial charge >= 0.3 is 0 Å². The molecule has 0 saturated heterocycles. The van der Waals surface area contributed by atoms with Crippen LogP contribution in [0.4, 0.5) is 0 Å². The van der Waals surface area contributed by atoms with E-state index >= 15 is 0 Å². The molecular weight excluding hydrogens is 310 g/mol. The zero-order valence-corrected chi connectivity index (χ0v) is 14.7. The number of hydrogen-bond donors (Lipinski definition) is 2. The van der Waals surface area contributed by atoms with Gasteiger partial charge in [0.1, 0.15) is 0 Å². The third-order valence-corrected chi connectivity index (χ3v) is 4.79. The molecule has 1 aliphatic heterocycles. The molecule has 3 N–H and O–H groups in total. The highest BCUT2D eigenvalue weighted by Crippen LogP contribution is 2.17. The lowest BCUT2D eigenvalue weighted by atomic mass is 9.99. The van der Waals surface area contributed by atoms with Crippen LogP contribution in [0, 0.1) is 0 Å². The van der Waals surface area contributed by atoms with Crippen LogP contribution in [0.5, 0.6) is 0 Å². The van der Waals surface area contributed by atoms with Gasteiger partial charge in [0.05, 0.1) is 0 Å². The van der Waals surface area contributed by atoms with Gasteiger partial charge in [0.15, 0.2) is 0 Å². The largest absolute Gasteiger partial charge is 0.337 e. The SMILES string of the molecule is NCCN(CCc1ccccc1)C(=O)c1ccc2c(c1)CCNCC2. The molecule has 2 aromatic carbocycles. The molecule has 0 spiro atoms. The van der Waals surface area contributed by atoms with Crippen molar-refractivity contribution in [3.8, 4) is 0 Å². The second-order valence-corrected chi connectivity index (χ2v) is 6.55. The molecule has 0 atom stereocenters. The summed E-state index contributed by atoms with van der Waals surface area (Å²) in [6.07, 6.45) is 2.86. The summed E-state index contributed by atoms with van der Waals surface area (Å²) < 4.78 is 0. The van der Waals surface area contributed by atoms with E-state index in [1.807, 2.05) is 29.2 Å². The quantitative estimate of drug-likeness (QED) is 0.848. The number of hydrogen-bond acceptors (Lipinski definition) is 3. The van der Waals surface area contributed by atoms with Crippen molar-refractivity contribution in [1.29, 1.82) is 0 Å². The second-order valence-electron chi connectivity index (χ2n) is 6.55. The molecule has 25 heavy (non-hydrogen) atoms. The van der Waals surface area contributed by atoms with Gasteiger partial charge in [-0.1, -0.05) is 36.4 Å². The summed E-state index contributed by atoms with van der Waals surface area (Å²) in [5, 5.41) is 3.41. The molecule has 0 saturated carbocycles. The second kappa shape index (κ2) is 8.79. The highest BCUT2D eigenvalue weighted by Gasteiger charge is 2.17. The van der Waals surface area contributed by atoms with E-state index in [1.165, 1.54) is 16.7 Å². The van der Waals surface area contributed by atoms with Crippen molar-refractivity contribution >= 4 is 5.91 Å². The van der Waals surface area contributed by atoms with Crippen LogP contribution >= 0.6 is 0 Å². The Kier molecular flexibility index (Phi) is 6.20. The third kappa shape index (κ3) is 4.68. The lowest BCUT2D eigenvalue weighted by Gasteiger charge is -2.23. The maximum absolute atomic E-state index is 13.0. The third-order valence-electron chi connectivity index (χ3n) is 4.79. The fourth-order valence-corrected chi connectivity index (χ4v) is 3.37. The summed E-state index contributed by atoms with van der Waals surface area (Å²) in [6, 6.07) is 16.4. The highest BCUT2D eigenvalue weighted by atomic mass is 16.2. The van der Waals surface area contributed by atoms with Crippen LogP contribution in [0.25, 0.3) is 0 Å². The lowest BCUT2D eigenvalue weighted by molar-refractivity contribution is 0.0762. The van der Waals surface area contributed by atoms with Crippen molar-refractivity contribution in [2.24, 2.45) is 5.73 Å². The first-order chi connectivity index (χ1) is 12.3. The van der Waals surface area contributed by atoms with Crippen LogP contribution in [0.15, 0.2) is 48.5 Å². The van der Waals surface area contributed by atoms with Gasteiger partial charge in [-0.15, -0.1) is 0 Å². The van der Waals surface area contributed by atoms with Crippen LogP contribution in [-0.2, 0) is 19.3 Å². The summed E-state index contributed by atoms with van der Waals surface area (Å²) in [5.41, 5.74) is 10.4. The minimum atomic E-state index is 0.0846. The molecule has 0 radical (unpaired) electrons. The van der Waals surface area contributed by atoms with Crippen molar-refractivity contribution in [1.82, 2.24) is 10.2 Å². The Morgan fingerprint density at radius 1 is 1.00 bits per heavy atom. The Hall–Kier alpha value is -2.17. The van der Waals surface area contributed by atoms with E-state index in [9.17, 15) is 4.79 Å². The molecule has 0 fully saturated rings. The molecule has 0 aromatic heterocycles. The fourth-order valence-electron chi connectivity index (χ4n) is 3.37. The van der Waals surface area contributed by atoms with Gasteiger partial charge in [-0.25, -0.2) is 0 Å². The normalized spacial score (nSPS) is 13.8. The Labute approximate surface area is 150 Å². The number of fused-ring (bicyclic) bond motifs is 1. The number of rotatable bonds is 6. The summed E-state index contributed by atoms with van der Waals surface area (Å²) in [4.78, 5) is 14.9. The zero-order valence-electron chi connectivity index (χ0n) is 14.7. The first-order valence-electron chi connectivity index (χ1n) is 9.13. The van der Waals surface area contributed by atoms with E-state index in [0.29, 0.717) is 19.6 Å². The number of nitrogens with zero attached hydrogens (tertiary/aromatic N) is 1. The molecule has 0 bridgehead atoms. The maximum atomic E-state index is 13.0. The Bertz CT molecular complexity index is 700. The first-order valence-corrected chi connectivity index (χ1v) is 9.13. The van der Waals surface area contributed by atoms with Gasteiger partial charge in [0, 0.05) is 25.2 Å². The maximum Gasteiger partial charge on any atom is 0.253 e. The Morgan fingerprint density at radius 3 is 2.52 bits per heavy atom. The smallest absolute Gasteiger partial charge is 0.253 e. The van der Waals surface area contributed by atoms with Gasteiger partial charge in [-0.2, -0.15) is 0 Å². The average Bonchev–Trinajstić information content (AvgIpc) is 2.90. The standard InChI is InChI=1S/C21H27N3O/c22-11-15-24(14-10-17-4-2-1-3-5-17)21(25)20-7-6-18-8-12-23-13-9-19(18)16-20/h1-7,16,23H,8-15,22H2. The zero-order chi connectivity index (χ0) is 17.5. The molecule has 0 unspecified atom stereocenters. The number of carbonyl (C=O) groups is 1. The van der Waals surface area contributed by atoms with Gasteiger partial charge in [-0.3, -0.25) is 4.79 Å². The van der Waals surface area contributed by atoms with Crippen molar-refractivity contribution in [2.45, 2.75) is 19.3 Å². The highest BCUT2D eigenvalue weighted by molar-refractivity contribution is 5.94. The van der Waals surface area contributed by atoms with Crippen molar-refractivity contribution in [3.05, 3.63) is 70.8 Å². The van der Waals surface area contributed by atoms with Gasteiger partial charge in [-0.05, 0) is 61.2 Å². The van der Waals surface area contributed by atoms with E-state index in [2.05, 4.69) is 29.6 Å². The number of carbonyl (C=O) groups excluding carboxylic acids is 1. The van der Waals surface area contributed by atoms with Crippen LogP contribution in [0.1, 0.15) is 27.0 Å². The fraction of sp³-hybridized carbons (Fsp3) is 0.381. The predicted molar refractivity (Wildman–Crippen MR) is 102 cm³/mol. The summed E-state index contributed by atoms with van der Waals surface area (Å²) in [6.45, 7) is 3.75. The van der Waals surface area contributed by atoms with E-state index in [4.69, 9.17) is 5.73 Å². The van der Waals surface area contributed by atoms with Crippen molar-refractivity contribution in [2.75, 3.05) is 32.7 Å². The first kappa shape index (κ1) is 17.6. The van der Waals surface area contributed by atoms with Crippen LogP contribution in [-0.4, -0.2) is 43.5 Å². The van der Waals surface area contributed by atoms with E-state index in [-0.39, 0.29) is 5.91 Å². The van der Waals surface area contributed by atoms with Crippen molar-refractivity contribution < 1.29 is 4.79 Å². The summed E-state index contributed by atoms with van der Waals surface area (Å²) in [7, 11) is 0. The van der Waals surface area contributed by atoms with E-state index in [0.717, 1.165) is 37.9 Å². The molecule has 4 heteroatoms. The molecule has 1 heterocycles. The number of benzene rings is 2. The molecule has 2 aromatic rings. The minimum Gasteiger partial charge on any atom is -0.337 e. The number of nitrogens with one attached hydrogen (secondary N) is 1. The molecule has 1 aliphatic rings. The molecule has 3 rings (SSSR count). The minimum absolute atomic E-state index is 0.0846. The number of amides is 1. The molecule has 0 aliphatic carbocycles. The molecular formula is C21H27N3O. The lowest BCUT2D eigenvalue weighted by Crippen LogP contribution is -2.37. The van der Waals surface area contributed by atoms with Crippen LogP contribution in [0.3, 0.4) is 0 Å². The predicted octanol–water partition coefficient (Wildman–Crippen LogP) is 2.02.